The van der Waals surface area contributed by atoms with Crippen LogP contribution in [0.1, 0.15) is 52.8 Å². The van der Waals surface area contributed by atoms with Gasteiger partial charge in [-0.2, -0.15) is 0 Å². The first kappa shape index (κ1) is 27.7. The number of rotatable bonds is 10. The number of hydrogen-bond donors (Lipinski definition) is 1. The standard InChI is InChI=1S/C34H31N7O2/c1-3-4-14-31-35-30-21-28(34(42)43-2)29(20-17-23-10-6-5-7-11-23)36-33(30)41(31)22-24-15-18-25(19-16-24)26-12-8-9-13-27(26)32-37-39-40-38-32/h5-13,15-21H,3-4,14,22H2,1-2H3,(H,37,38,39,40)/b20-17+. The number of aromatic amines is 1. The van der Waals surface area contributed by atoms with Crippen molar-refractivity contribution in [3.8, 4) is 22.5 Å². The van der Waals surface area contributed by atoms with Gasteiger partial charge in [0, 0.05) is 12.0 Å². The molecule has 6 rings (SSSR count). The van der Waals surface area contributed by atoms with Crippen molar-refractivity contribution in [1.29, 1.82) is 0 Å². The summed E-state index contributed by atoms with van der Waals surface area (Å²) < 4.78 is 7.26. The van der Waals surface area contributed by atoms with Crippen LogP contribution in [0.4, 0.5) is 0 Å². The van der Waals surface area contributed by atoms with E-state index in [0.29, 0.717) is 29.1 Å². The van der Waals surface area contributed by atoms with Crippen LogP contribution in [0.5, 0.6) is 0 Å². The highest BCUT2D eigenvalue weighted by Gasteiger charge is 2.19. The molecule has 0 saturated carbocycles. The largest absolute Gasteiger partial charge is 0.465 e. The number of benzene rings is 3. The molecule has 0 spiro atoms. The summed E-state index contributed by atoms with van der Waals surface area (Å²) in [7, 11) is 1.38. The van der Waals surface area contributed by atoms with Crippen LogP contribution in [-0.2, 0) is 17.7 Å². The van der Waals surface area contributed by atoms with Gasteiger partial charge in [-0.15, -0.1) is 5.10 Å². The van der Waals surface area contributed by atoms with Crippen molar-refractivity contribution in [1.82, 2.24) is 35.2 Å². The number of hydrogen-bond acceptors (Lipinski definition) is 7. The van der Waals surface area contributed by atoms with Gasteiger partial charge in [-0.05, 0) is 51.2 Å². The summed E-state index contributed by atoms with van der Waals surface area (Å²) in [6.07, 6.45) is 6.67. The lowest BCUT2D eigenvalue weighted by Gasteiger charge is -2.12. The van der Waals surface area contributed by atoms with E-state index >= 15 is 0 Å². The lowest BCUT2D eigenvalue weighted by atomic mass is 9.98. The van der Waals surface area contributed by atoms with Crippen LogP contribution in [0.2, 0.25) is 0 Å². The number of nitrogens with one attached hydrogen (secondary N) is 1. The summed E-state index contributed by atoms with van der Waals surface area (Å²) in [5.41, 5.74) is 7.50. The van der Waals surface area contributed by atoms with Gasteiger partial charge in [0.05, 0.1) is 24.9 Å². The molecule has 0 amide bonds. The molecule has 0 fully saturated rings. The molecule has 0 bridgehead atoms. The molecule has 3 aromatic heterocycles. The number of tetrazole rings is 1. The average molecular weight is 570 g/mol. The number of aryl methyl sites for hydroxylation is 1. The zero-order valence-electron chi connectivity index (χ0n) is 24.1. The number of aromatic nitrogens is 7. The van der Waals surface area contributed by atoms with E-state index in [1.54, 1.807) is 6.07 Å². The Labute approximate surface area is 249 Å². The van der Waals surface area contributed by atoms with Gasteiger partial charge in [-0.25, -0.2) is 19.9 Å². The van der Waals surface area contributed by atoms with E-state index in [4.69, 9.17) is 14.7 Å². The lowest BCUT2D eigenvalue weighted by Crippen LogP contribution is -2.08. The summed E-state index contributed by atoms with van der Waals surface area (Å²) >= 11 is 0. The van der Waals surface area contributed by atoms with Gasteiger partial charge in [0.25, 0.3) is 0 Å². The highest BCUT2D eigenvalue weighted by molar-refractivity contribution is 5.97. The zero-order chi connectivity index (χ0) is 29.6. The van der Waals surface area contributed by atoms with Gasteiger partial charge in [0.1, 0.15) is 11.3 Å². The molecule has 1 N–H and O–H groups in total. The summed E-state index contributed by atoms with van der Waals surface area (Å²) in [6, 6.07) is 28.2. The van der Waals surface area contributed by atoms with E-state index < -0.39 is 5.97 Å². The molecular formula is C34H31N7O2. The number of pyridine rings is 1. The molecule has 0 radical (unpaired) electrons. The van der Waals surface area contributed by atoms with Gasteiger partial charge in [-0.1, -0.05) is 98.3 Å². The fourth-order valence-corrected chi connectivity index (χ4v) is 5.13. The number of nitrogens with zero attached hydrogens (tertiary/aromatic N) is 6. The zero-order valence-corrected chi connectivity index (χ0v) is 24.1. The first-order chi connectivity index (χ1) is 21.1. The highest BCUT2D eigenvalue weighted by Crippen LogP contribution is 2.30. The van der Waals surface area contributed by atoms with E-state index in [1.807, 2.05) is 60.7 Å². The molecule has 6 aromatic rings. The molecule has 0 unspecified atom stereocenters. The van der Waals surface area contributed by atoms with Crippen LogP contribution in [-0.4, -0.2) is 48.2 Å². The van der Waals surface area contributed by atoms with Crippen LogP contribution < -0.4 is 0 Å². The van der Waals surface area contributed by atoms with Crippen LogP contribution in [0.25, 0.3) is 45.8 Å². The summed E-state index contributed by atoms with van der Waals surface area (Å²) in [6.45, 7) is 2.76. The summed E-state index contributed by atoms with van der Waals surface area (Å²) in [4.78, 5) is 22.7. The number of ether oxygens (including phenoxy) is 1. The Hall–Kier alpha value is -5.44. The van der Waals surface area contributed by atoms with Gasteiger partial charge < -0.3 is 9.30 Å². The van der Waals surface area contributed by atoms with Crippen molar-refractivity contribution in [2.24, 2.45) is 0 Å². The third-order valence-electron chi connectivity index (χ3n) is 7.35. The van der Waals surface area contributed by atoms with Crippen LogP contribution >= 0.6 is 0 Å². The van der Waals surface area contributed by atoms with E-state index in [1.165, 1.54) is 7.11 Å². The molecule has 0 aliphatic rings. The predicted molar refractivity (Wildman–Crippen MR) is 167 cm³/mol. The predicted octanol–water partition coefficient (Wildman–Crippen LogP) is 6.63. The quantitative estimate of drug-likeness (QED) is 0.184. The molecule has 0 aliphatic heterocycles. The number of unbranched alkanes of at least 4 members (excludes halogenated alkanes) is 1. The summed E-state index contributed by atoms with van der Waals surface area (Å²) in [5, 5.41) is 14.4. The summed E-state index contributed by atoms with van der Waals surface area (Å²) in [5.74, 6) is 1.12. The molecular weight excluding hydrogens is 538 g/mol. The maximum absolute atomic E-state index is 12.7. The Morgan fingerprint density at radius 3 is 2.42 bits per heavy atom. The van der Waals surface area contributed by atoms with E-state index in [-0.39, 0.29) is 0 Å². The SMILES string of the molecule is CCCCc1nc2cc(C(=O)OC)c(/C=C/c3ccccc3)nc2n1Cc1ccc(-c2ccccc2-c2nnn[nH]2)cc1. The van der Waals surface area contributed by atoms with Crippen LogP contribution in [0.3, 0.4) is 0 Å². The number of carbonyl (C=O) groups is 1. The van der Waals surface area contributed by atoms with Crippen molar-refractivity contribution >= 4 is 29.3 Å². The molecule has 0 aliphatic carbocycles. The Bertz CT molecular complexity index is 1880. The maximum atomic E-state index is 12.7. The van der Waals surface area contributed by atoms with Crippen LogP contribution in [0, 0.1) is 0 Å². The minimum Gasteiger partial charge on any atom is -0.465 e. The molecule has 3 aromatic carbocycles. The number of esters is 1. The third kappa shape index (κ3) is 5.97. The van der Waals surface area contributed by atoms with E-state index in [9.17, 15) is 4.79 Å². The minimum atomic E-state index is -0.441. The Balaban J connectivity index is 1.38. The normalized spacial score (nSPS) is 11.4. The minimum absolute atomic E-state index is 0.388. The molecule has 0 atom stereocenters. The smallest absolute Gasteiger partial charge is 0.340 e. The molecule has 43 heavy (non-hydrogen) atoms. The van der Waals surface area contributed by atoms with Crippen LogP contribution in [0.15, 0.2) is 84.9 Å². The fraction of sp³-hybridized carbons (Fsp3) is 0.176. The second-order valence-corrected chi connectivity index (χ2v) is 10.2. The van der Waals surface area contributed by atoms with E-state index in [0.717, 1.165) is 58.6 Å². The van der Waals surface area contributed by atoms with Crippen molar-refractivity contribution < 1.29 is 9.53 Å². The van der Waals surface area contributed by atoms with Gasteiger partial charge in [0.2, 0.25) is 0 Å². The fourth-order valence-electron chi connectivity index (χ4n) is 5.13. The number of methoxy groups -OCH3 is 1. The molecule has 9 nitrogen and oxygen atoms in total. The highest BCUT2D eigenvalue weighted by atomic mass is 16.5. The number of H-pyrrole nitrogens is 1. The van der Waals surface area contributed by atoms with Gasteiger partial charge >= 0.3 is 5.97 Å². The molecule has 3 heterocycles. The molecule has 214 valence electrons. The van der Waals surface area contributed by atoms with Crippen molar-refractivity contribution in [2.75, 3.05) is 7.11 Å². The maximum Gasteiger partial charge on any atom is 0.340 e. The molecule has 9 heteroatoms. The number of carbonyl (C=O) groups excluding carboxylic acids is 1. The van der Waals surface area contributed by atoms with Crippen molar-refractivity contribution in [3.05, 3.63) is 113 Å². The first-order valence-corrected chi connectivity index (χ1v) is 14.3. The Kier molecular flexibility index (Phi) is 8.13. The second-order valence-electron chi connectivity index (χ2n) is 10.2. The number of fused-ring (bicyclic) bond motifs is 1. The monoisotopic (exact) mass is 569 g/mol. The second kappa shape index (κ2) is 12.6. The lowest BCUT2D eigenvalue weighted by molar-refractivity contribution is 0.0600. The van der Waals surface area contributed by atoms with Crippen molar-refractivity contribution in [3.63, 3.8) is 0 Å². The average Bonchev–Trinajstić information content (AvgIpc) is 3.71. The van der Waals surface area contributed by atoms with Gasteiger partial charge in [0.15, 0.2) is 11.5 Å². The Morgan fingerprint density at radius 1 is 0.930 bits per heavy atom. The van der Waals surface area contributed by atoms with Gasteiger partial charge in [-0.3, -0.25) is 0 Å². The van der Waals surface area contributed by atoms with Crippen molar-refractivity contribution in [2.45, 2.75) is 32.7 Å². The van der Waals surface area contributed by atoms with E-state index in [2.05, 4.69) is 62.4 Å². The molecule has 0 saturated heterocycles. The third-order valence-corrected chi connectivity index (χ3v) is 7.35. The number of imidazole rings is 1. The topological polar surface area (TPSA) is 111 Å². The first-order valence-electron chi connectivity index (χ1n) is 14.3. The Morgan fingerprint density at radius 2 is 1.70 bits per heavy atom.